The van der Waals surface area contributed by atoms with Gasteiger partial charge in [0.2, 0.25) is 0 Å². The van der Waals surface area contributed by atoms with E-state index in [0.29, 0.717) is 22.5 Å². The maximum Gasteiger partial charge on any atom is 0.261 e. The van der Waals surface area contributed by atoms with Gasteiger partial charge in [0.1, 0.15) is 5.75 Å². The third-order valence-corrected chi connectivity index (χ3v) is 4.62. The molecule has 124 valence electrons. The Kier molecular flexibility index (Phi) is 4.35. The number of sulfonamides is 1. The lowest BCUT2D eigenvalue weighted by Gasteiger charge is -2.11. The Labute approximate surface area is 140 Å². The summed E-state index contributed by atoms with van der Waals surface area (Å²) in [5, 5.41) is 0. The summed E-state index contributed by atoms with van der Waals surface area (Å²) in [6, 6.07) is 11.3. The summed E-state index contributed by atoms with van der Waals surface area (Å²) >= 11 is 0. The molecule has 1 N–H and O–H groups in total. The van der Waals surface area contributed by atoms with Gasteiger partial charge in [0.25, 0.3) is 10.0 Å². The van der Waals surface area contributed by atoms with Crippen LogP contribution in [0.15, 0.2) is 59.8 Å². The van der Waals surface area contributed by atoms with Crippen molar-refractivity contribution in [2.24, 2.45) is 0 Å². The fourth-order valence-electron chi connectivity index (χ4n) is 2.21. The standard InChI is InChI=1S/C17H17N3O3S/c1-12(2)23-14-4-6-15(7-5-14)24(21,22)20-13-3-8-16-17(11-13)19-10-9-18-16/h3-12,20H,1-2H3. The van der Waals surface area contributed by atoms with Crippen LogP contribution in [0.2, 0.25) is 0 Å². The van der Waals surface area contributed by atoms with E-state index in [1.54, 1.807) is 42.7 Å². The summed E-state index contributed by atoms with van der Waals surface area (Å²) < 4.78 is 33.0. The van der Waals surface area contributed by atoms with Crippen molar-refractivity contribution in [3.05, 3.63) is 54.9 Å². The second kappa shape index (κ2) is 6.45. The minimum atomic E-state index is -3.68. The number of ether oxygens (including phenoxy) is 1. The van der Waals surface area contributed by atoms with E-state index in [1.165, 1.54) is 12.1 Å². The zero-order chi connectivity index (χ0) is 17.2. The predicted octanol–water partition coefficient (Wildman–Crippen LogP) is 3.22. The molecule has 7 heteroatoms. The van der Waals surface area contributed by atoms with Crippen LogP contribution < -0.4 is 9.46 Å². The van der Waals surface area contributed by atoms with Gasteiger partial charge in [-0.25, -0.2) is 8.42 Å². The highest BCUT2D eigenvalue weighted by molar-refractivity contribution is 7.92. The molecule has 0 saturated carbocycles. The summed E-state index contributed by atoms with van der Waals surface area (Å²) in [7, 11) is -3.68. The van der Waals surface area contributed by atoms with E-state index in [9.17, 15) is 8.42 Å². The zero-order valence-electron chi connectivity index (χ0n) is 13.3. The van der Waals surface area contributed by atoms with Crippen molar-refractivity contribution in [3.8, 4) is 5.75 Å². The average Bonchev–Trinajstić information content (AvgIpc) is 2.54. The Bertz CT molecular complexity index is 954. The van der Waals surface area contributed by atoms with Crippen molar-refractivity contribution >= 4 is 26.7 Å². The van der Waals surface area contributed by atoms with Crippen LogP contribution in [0.3, 0.4) is 0 Å². The van der Waals surface area contributed by atoms with Gasteiger partial charge in [-0.15, -0.1) is 0 Å². The molecule has 1 aromatic heterocycles. The van der Waals surface area contributed by atoms with Gasteiger partial charge in [0, 0.05) is 12.4 Å². The number of rotatable bonds is 5. The molecule has 0 radical (unpaired) electrons. The molecule has 0 bridgehead atoms. The maximum absolute atomic E-state index is 12.5. The molecule has 6 nitrogen and oxygen atoms in total. The van der Waals surface area contributed by atoms with Crippen LogP contribution in [-0.4, -0.2) is 24.5 Å². The number of anilines is 1. The lowest BCUT2D eigenvalue weighted by atomic mass is 10.3. The first-order valence-corrected chi connectivity index (χ1v) is 8.93. The molecule has 24 heavy (non-hydrogen) atoms. The molecule has 3 rings (SSSR count). The highest BCUT2D eigenvalue weighted by Gasteiger charge is 2.15. The Morgan fingerprint density at radius 3 is 2.29 bits per heavy atom. The topological polar surface area (TPSA) is 81.2 Å². The number of fused-ring (bicyclic) bond motifs is 1. The predicted molar refractivity (Wildman–Crippen MR) is 92.6 cm³/mol. The summed E-state index contributed by atoms with van der Waals surface area (Å²) in [4.78, 5) is 8.49. The smallest absolute Gasteiger partial charge is 0.261 e. The first kappa shape index (κ1) is 16.2. The zero-order valence-corrected chi connectivity index (χ0v) is 14.1. The average molecular weight is 343 g/mol. The lowest BCUT2D eigenvalue weighted by molar-refractivity contribution is 0.242. The lowest BCUT2D eigenvalue weighted by Crippen LogP contribution is -2.13. The van der Waals surface area contributed by atoms with Crippen LogP contribution in [0, 0.1) is 0 Å². The molecule has 0 atom stereocenters. The van der Waals surface area contributed by atoms with E-state index in [-0.39, 0.29) is 11.0 Å². The van der Waals surface area contributed by atoms with Crippen molar-refractivity contribution in [2.75, 3.05) is 4.72 Å². The number of hydrogen-bond donors (Lipinski definition) is 1. The van der Waals surface area contributed by atoms with Gasteiger partial charge in [0.15, 0.2) is 0 Å². The minimum absolute atomic E-state index is 0.0318. The molecule has 0 aliphatic carbocycles. The second-order valence-corrected chi connectivity index (χ2v) is 7.19. The van der Waals surface area contributed by atoms with Gasteiger partial charge in [-0.05, 0) is 56.3 Å². The molecular weight excluding hydrogens is 326 g/mol. The number of nitrogens with one attached hydrogen (secondary N) is 1. The number of nitrogens with zero attached hydrogens (tertiary/aromatic N) is 2. The van der Waals surface area contributed by atoms with Crippen molar-refractivity contribution in [3.63, 3.8) is 0 Å². The molecule has 3 aromatic rings. The van der Waals surface area contributed by atoms with Gasteiger partial charge in [-0.2, -0.15) is 0 Å². The van der Waals surface area contributed by atoms with Crippen LogP contribution in [0.25, 0.3) is 11.0 Å². The highest BCUT2D eigenvalue weighted by atomic mass is 32.2. The molecule has 0 aliphatic heterocycles. The van der Waals surface area contributed by atoms with Crippen LogP contribution in [0.4, 0.5) is 5.69 Å². The van der Waals surface area contributed by atoms with Crippen LogP contribution in [0.1, 0.15) is 13.8 Å². The van der Waals surface area contributed by atoms with E-state index in [1.807, 2.05) is 13.8 Å². The van der Waals surface area contributed by atoms with Gasteiger partial charge >= 0.3 is 0 Å². The van der Waals surface area contributed by atoms with E-state index < -0.39 is 10.0 Å². The first-order valence-electron chi connectivity index (χ1n) is 7.44. The van der Waals surface area contributed by atoms with Crippen LogP contribution in [-0.2, 0) is 10.0 Å². The van der Waals surface area contributed by atoms with Gasteiger partial charge < -0.3 is 4.74 Å². The summed E-state index contributed by atoms with van der Waals surface area (Å²) in [6.45, 7) is 3.82. The van der Waals surface area contributed by atoms with Crippen molar-refractivity contribution in [2.45, 2.75) is 24.8 Å². The van der Waals surface area contributed by atoms with E-state index in [2.05, 4.69) is 14.7 Å². The normalized spacial score (nSPS) is 11.6. The maximum atomic E-state index is 12.5. The summed E-state index contributed by atoms with van der Waals surface area (Å²) in [6.07, 6.45) is 3.19. The van der Waals surface area contributed by atoms with Crippen molar-refractivity contribution < 1.29 is 13.2 Å². The molecule has 1 heterocycles. The Morgan fingerprint density at radius 1 is 0.958 bits per heavy atom. The quantitative estimate of drug-likeness (QED) is 0.769. The van der Waals surface area contributed by atoms with E-state index >= 15 is 0 Å². The third-order valence-electron chi connectivity index (χ3n) is 3.23. The largest absolute Gasteiger partial charge is 0.491 e. The highest BCUT2D eigenvalue weighted by Crippen LogP contribution is 2.21. The summed E-state index contributed by atoms with van der Waals surface area (Å²) in [5.41, 5.74) is 1.76. The molecular formula is C17H17N3O3S. The monoisotopic (exact) mass is 343 g/mol. The number of benzene rings is 2. The van der Waals surface area contributed by atoms with Gasteiger partial charge in [-0.3, -0.25) is 14.7 Å². The van der Waals surface area contributed by atoms with Gasteiger partial charge in [0.05, 0.1) is 27.7 Å². The first-order chi connectivity index (χ1) is 11.4. The SMILES string of the molecule is CC(C)Oc1ccc(S(=O)(=O)Nc2ccc3nccnc3c2)cc1. The third kappa shape index (κ3) is 3.62. The fourth-order valence-corrected chi connectivity index (χ4v) is 3.26. The number of aromatic nitrogens is 2. The molecule has 0 aliphatic rings. The minimum Gasteiger partial charge on any atom is -0.491 e. The fraction of sp³-hybridized carbons (Fsp3) is 0.176. The van der Waals surface area contributed by atoms with Crippen molar-refractivity contribution in [1.82, 2.24) is 9.97 Å². The molecule has 2 aromatic carbocycles. The van der Waals surface area contributed by atoms with E-state index in [0.717, 1.165) is 0 Å². The molecule has 0 unspecified atom stereocenters. The van der Waals surface area contributed by atoms with E-state index in [4.69, 9.17) is 4.74 Å². The Morgan fingerprint density at radius 2 is 1.62 bits per heavy atom. The van der Waals surface area contributed by atoms with Gasteiger partial charge in [-0.1, -0.05) is 0 Å². The van der Waals surface area contributed by atoms with Crippen molar-refractivity contribution in [1.29, 1.82) is 0 Å². The summed E-state index contributed by atoms with van der Waals surface area (Å²) in [5.74, 6) is 0.630. The van der Waals surface area contributed by atoms with Crippen LogP contribution >= 0.6 is 0 Å². The number of hydrogen-bond acceptors (Lipinski definition) is 5. The Balaban J connectivity index is 1.84. The second-order valence-electron chi connectivity index (χ2n) is 5.50. The van der Waals surface area contributed by atoms with Crippen LogP contribution in [0.5, 0.6) is 5.75 Å². The Hall–Kier alpha value is -2.67. The molecule has 0 saturated heterocycles. The molecule has 0 fully saturated rings. The molecule has 0 amide bonds. The molecule has 0 spiro atoms.